The molecule has 0 radical (unpaired) electrons. The summed E-state index contributed by atoms with van der Waals surface area (Å²) in [5.41, 5.74) is -4.62. The van der Waals surface area contributed by atoms with Crippen LogP contribution < -0.4 is 5.32 Å². The number of amides is 1. The van der Waals surface area contributed by atoms with Crippen molar-refractivity contribution in [2.75, 3.05) is 6.61 Å². The third-order valence-electron chi connectivity index (χ3n) is 15.6. The molecule has 17 atom stereocenters. The molecule has 1 unspecified atom stereocenters. The molecule has 18 heteroatoms. The van der Waals surface area contributed by atoms with E-state index in [1.54, 1.807) is 13.8 Å². The van der Waals surface area contributed by atoms with E-state index in [1.165, 1.54) is 6.92 Å². The second-order valence-corrected chi connectivity index (χ2v) is 19.9. The topological polar surface area (TPSA) is 288 Å². The van der Waals surface area contributed by atoms with Crippen molar-refractivity contribution in [3.8, 4) is 0 Å². The van der Waals surface area contributed by atoms with Crippen LogP contribution in [0.1, 0.15) is 91.0 Å². The summed E-state index contributed by atoms with van der Waals surface area (Å²) in [4.78, 5) is 54.7. The first-order valence-corrected chi connectivity index (χ1v) is 22.5. The minimum atomic E-state index is -2.39. The van der Waals surface area contributed by atoms with E-state index >= 15 is 0 Å². The van der Waals surface area contributed by atoms with Crippen LogP contribution >= 0.6 is 0 Å². The quantitative estimate of drug-likeness (QED) is 0.0549. The lowest BCUT2D eigenvalue weighted by Crippen LogP contribution is -2.69. The van der Waals surface area contributed by atoms with Crippen LogP contribution in [0.3, 0.4) is 0 Å². The predicted octanol–water partition coefficient (Wildman–Crippen LogP) is 1.19. The minimum absolute atomic E-state index is 0.0209. The van der Waals surface area contributed by atoms with Gasteiger partial charge in [-0.1, -0.05) is 57.7 Å². The molecule has 0 aromatic heterocycles. The van der Waals surface area contributed by atoms with Crippen molar-refractivity contribution in [2.45, 2.75) is 171 Å². The summed E-state index contributed by atoms with van der Waals surface area (Å²) in [5, 5.41) is 91.0. The Labute approximate surface area is 371 Å². The van der Waals surface area contributed by atoms with Gasteiger partial charge in [0.05, 0.1) is 30.5 Å². The predicted molar refractivity (Wildman–Crippen MR) is 222 cm³/mol. The zero-order valence-corrected chi connectivity index (χ0v) is 36.8. The Morgan fingerprint density at radius 3 is 2.20 bits per heavy atom. The largest absolute Gasteiger partial charge is 0.480 e. The maximum Gasteiger partial charge on any atom is 0.321 e. The molecule has 4 saturated carbocycles. The molecule has 1 aromatic rings. The fraction of sp³-hybridized carbons (Fsp3) is 0.739. The number of aryl methyl sites for hydroxylation is 1. The van der Waals surface area contributed by atoms with Crippen LogP contribution in [-0.2, 0) is 49.3 Å². The van der Waals surface area contributed by atoms with Crippen LogP contribution in [0, 0.1) is 34.0 Å². The number of carbonyl (C=O) groups excluding carboxylic acids is 2. The average molecular weight is 904 g/mol. The highest BCUT2D eigenvalue weighted by Crippen LogP contribution is 2.73. The maximum atomic E-state index is 13.9. The van der Waals surface area contributed by atoms with E-state index in [0.29, 0.717) is 12.0 Å². The molecule has 7 rings (SSSR count). The van der Waals surface area contributed by atoms with Gasteiger partial charge >= 0.3 is 17.9 Å². The molecule has 1 amide bonds. The van der Waals surface area contributed by atoms with Gasteiger partial charge in [0.15, 0.2) is 24.1 Å². The highest BCUT2D eigenvalue weighted by atomic mass is 16.7. The smallest absolute Gasteiger partial charge is 0.321 e. The van der Waals surface area contributed by atoms with Crippen LogP contribution in [0.5, 0.6) is 0 Å². The molecule has 6 fully saturated rings. The number of aliphatic hydroxyl groups is 6. The summed E-state index contributed by atoms with van der Waals surface area (Å²) in [6.07, 6.45) is -15.5. The Bertz CT molecular complexity index is 1900. The molecule has 356 valence electrons. The molecule has 6 aliphatic rings. The standard InChI is InChI=1S/C46H65NO17/c1-22(2)17-30(49)47-32-37(63-31(50)12-11-25-9-7-6-8-10-25)36(64-40-35(53)34(52)33(51)24(4)60-40)27(20-48)62-39(32)61-26-18-43(5)28-14-16-45(59)21-44(28,38(54)23(45)3)15-13-29(43)46(19-26,41(55)56)42(57)58/h6-10,22,24,26-29,32-40,48,51-54,59H,3,11-21H2,1-2,4-5H3,(H,47,49)(H,55,56)(H,57,58)/t24-,26-,27+,28-,29-,32+,33-,34+,35+,36+,37+,38-,39+,40-,43-,44?,45-/m0/s1. The van der Waals surface area contributed by atoms with Gasteiger partial charge < -0.3 is 69.9 Å². The van der Waals surface area contributed by atoms with Crippen molar-refractivity contribution in [2.24, 2.45) is 34.0 Å². The van der Waals surface area contributed by atoms with Crippen molar-refractivity contribution in [1.82, 2.24) is 5.32 Å². The van der Waals surface area contributed by atoms with Gasteiger partial charge in [-0.25, -0.2) is 0 Å². The molecule has 64 heavy (non-hydrogen) atoms. The van der Waals surface area contributed by atoms with Gasteiger partial charge in [0.2, 0.25) is 5.91 Å². The summed E-state index contributed by atoms with van der Waals surface area (Å²) in [5.74, 6) is -6.00. The van der Waals surface area contributed by atoms with E-state index in [4.69, 9.17) is 23.7 Å². The summed E-state index contributed by atoms with van der Waals surface area (Å²) >= 11 is 0. The zero-order valence-electron chi connectivity index (χ0n) is 36.8. The summed E-state index contributed by atoms with van der Waals surface area (Å²) < 4.78 is 31.2. The summed E-state index contributed by atoms with van der Waals surface area (Å²) in [6.45, 7) is 10.1. The average Bonchev–Trinajstić information content (AvgIpc) is 3.37. The Hall–Kier alpha value is -3.56. The van der Waals surface area contributed by atoms with E-state index in [1.807, 2.05) is 37.3 Å². The van der Waals surface area contributed by atoms with Crippen LogP contribution in [0.25, 0.3) is 0 Å². The van der Waals surface area contributed by atoms with Crippen molar-refractivity contribution in [3.05, 3.63) is 48.0 Å². The summed E-state index contributed by atoms with van der Waals surface area (Å²) in [6, 6.07) is 7.63. The van der Waals surface area contributed by atoms with Gasteiger partial charge in [-0.3, -0.25) is 19.2 Å². The molecule has 1 spiro atoms. The molecular weight excluding hydrogens is 838 g/mol. The number of rotatable bonds is 14. The number of aliphatic carboxylic acids is 2. The third-order valence-corrected chi connectivity index (χ3v) is 15.6. The Morgan fingerprint density at radius 1 is 0.891 bits per heavy atom. The lowest BCUT2D eigenvalue weighted by molar-refractivity contribution is -0.350. The molecule has 9 N–H and O–H groups in total. The molecular formula is C46H65NO17. The normalized spacial score (nSPS) is 42.6. The number of aliphatic hydroxyl groups excluding tert-OH is 5. The lowest BCUT2D eigenvalue weighted by Gasteiger charge is -2.64. The van der Waals surface area contributed by atoms with Gasteiger partial charge in [-0.05, 0) is 86.2 Å². The van der Waals surface area contributed by atoms with E-state index in [9.17, 15) is 60.0 Å². The number of carboxylic acids is 2. The van der Waals surface area contributed by atoms with Crippen LogP contribution in [-0.4, -0.2) is 150 Å². The molecule has 2 aliphatic heterocycles. The lowest BCUT2D eigenvalue weighted by atomic mass is 9.40. The maximum absolute atomic E-state index is 13.9. The third kappa shape index (κ3) is 8.41. The molecule has 18 nitrogen and oxygen atoms in total. The second-order valence-electron chi connectivity index (χ2n) is 19.9. The molecule has 4 aliphatic carbocycles. The monoisotopic (exact) mass is 903 g/mol. The minimum Gasteiger partial charge on any atom is -0.480 e. The molecule has 2 saturated heterocycles. The van der Waals surface area contributed by atoms with Gasteiger partial charge in [0, 0.05) is 24.7 Å². The highest BCUT2D eigenvalue weighted by molar-refractivity contribution is 5.99. The van der Waals surface area contributed by atoms with Gasteiger partial charge in [0.25, 0.3) is 0 Å². The number of esters is 1. The van der Waals surface area contributed by atoms with Crippen molar-refractivity contribution < 1.29 is 83.7 Å². The van der Waals surface area contributed by atoms with Crippen molar-refractivity contribution in [1.29, 1.82) is 0 Å². The highest BCUT2D eigenvalue weighted by Gasteiger charge is 2.74. The van der Waals surface area contributed by atoms with Crippen LogP contribution in [0.15, 0.2) is 42.5 Å². The Kier molecular flexibility index (Phi) is 13.8. The van der Waals surface area contributed by atoms with Gasteiger partial charge in [-0.2, -0.15) is 0 Å². The van der Waals surface area contributed by atoms with Crippen molar-refractivity contribution in [3.63, 3.8) is 0 Å². The number of nitrogens with one attached hydrogen (secondary N) is 1. The van der Waals surface area contributed by atoms with Crippen LogP contribution in [0.2, 0.25) is 0 Å². The van der Waals surface area contributed by atoms with E-state index in [2.05, 4.69) is 11.9 Å². The molecule has 1 aromatic carbocycles. The Morgan fingerprint density at radius 2 is 1.56 bits per heavy atom. The van der Waals surface area contributed by atoms with Crippen LogP contribution in [0.4, 0.5) is 0 Å². The van der Waals surface area contributed by atoms with E-state index in [0.717, 1.165) is 5.56 Å². The fourth-order valence-corrected chi connectivity index (χ4v) is 12.6. The fourth-order valence-electron chi connectivity index (χ4n) is 12.6. The Balaban J connectivity index is 1.27. The number of carboxylic acid groups (broad SMARTS) is 2. The van der Waals surface area contributed by atoms with Gasteiger partial charge in [0.1, 0.15) is 36.6 Å². The number of benzene rings is 1. The van der Waals surface area contributed by atoms with Crippen molar-refractivity contribution >= 4 is 23.8 Å². The van der Waals surface area contributed by atoms with Gasteiger partial charge in [-0.15, -0.1) is 0 Å². The first kappa shape index (κ1) is 48.4. The van der Waals surface area contributed by atoms with E-state index < -0.39 is 144 Å². The number of fused-ring (bicyclic) bond motifs is 3. The SMILES string of the molecule is C=C1[C@H](O)C23CC[C@@H]4C(C(=O)O)(C(=O)O)C[C@@H](O[C@@H]5O[C@H](CO)[C@@H](O[C@@H]6O[C@@H](C)[C@H](O)[C@@H](O)[C@H]6O)[C@H](OC(=O)CCc6ccccc6)[C@H]5NC(=O)CC(C)C)C[C@@]4(C)[C@@H]2CC[C@]1(O)C3. The number of ether oxygens (including phenoxy) is 5. The first-order chi connectivity index (χ1) is 30.1. The summed E-state index contributed by atoms with van der Waals surface area (Å²) in [7, 11) is 0. The zero-order chi connectivity index (χ0) is 46.7. The second kappa shape index (κ2) is 18.3. The molecule has 2 heterocycles. The number of hydrogen-bond donors (Lipinski definition) is 9. The molecule has 2 bridgehead atoms. The number of carbonyl (C=O) groups is 4. The first-order valence-electron chi connectivity index (χ1n) is 22.5. The number of hydrogen-bond acceptors (Lipinski definition) is 15. The van der Waals surface area contributed by atoms with E-state index in [-0.39, 0.29) is 57.3 Å².